The van der Waals surface area contributed by atoms with Crippen molar-refractivity contribution in [2.45, 2.75) is 24.9 Å². The number of rotatable bonds is 5. The summed E-state index contributed by atoms with van der Waals surface area (Å²) >= 11 is 1.65. The zero-order chi connectivity index (χ0) is 13.7. The Balaban J connectivity index is 2.15. The minimum atomic E-state index is 0.593. The molecule has 0 spiro atoms. The fourth-order valence-electron chi connectivity index (χ4n) is 1.81. The van der Waals surface area contributed by atoms with E-state index >= 15 is 0 Å². The highest BCUT2D eigenvalue weighted by molar-refractivity contribution is 7.99. The molecule has 0 radical (unpaired) electrons. The Morgan fingerprint density at radius 1 is 1.32 bits per heavy atom. The summed E-state index contributed by atoms with van der Waals surface area (Å²) in [6.07, 6.45) is 1.48. The molecule has 4 nitrogen and oxygen atoms in total. The van der Waals surface area contributed by atoms with E-state index in [2.05, 4.69) is 35.3 Å². The SMILES string of the molecule is Cc1ccccc1-c1nnc(SCCCC#N)n1C. The molecule has 1 heterocycles. The normalized spacial score (nSPS) is 10.4. The fourth-order valence-corrected chi connectivity index (χ4v) is 2.66. The Morgan fingerprint density at radius 2 is 2.11 bits per heavy atom. The minimum Gasteiger partial charge on any atom is -0.305 e. The van der Waals surface area contributed by atoms with Gasteiger partial charge in [-0.1, -0.05) is 36.0 Å². The smallest absolute Gasteiger partial charge is 0.191 e. The van der Waals surface area contributed by atoms with E-state index in [1.54, 1.807) is 11.8 Å². The van der Waals surface area contributed by atoms with Gasteiger partial charge in [-0.3, -0.25) is 0 Å². The van der Waals surface area contributed by atoms with E-state index < -0.39 is 0 Å². The number of aromatic nitrogens is 3. The first kappa shape index (κ1) is 13.6. The van der Waals surface area contributed by atoms with Crippen LogP contribution < -0.4 is 0 Å². The van der Waals surface area contributed by atoms with E-state index in [0.717, 1.165) is 28.7 Å². The van der Waals surface area contributed by atoms with Crippen molar-refractivity contribution in [3.63, 3.8) is 0 Å². The highest BCUT2D eigenvalue weighted by Crippen LogP contribution is 2.25. The van der Waals surface area contributed by atoms with Gasteiger partial charge in [-0.2, -0.15) is 5.26 Å². The van der Waals surface area contributed by atoms with Gasteiger partial charge in [0.1, 0.15) is 0 Å². The lowest BCUT2D eigenvalue weighted by molar-refractivity contribution is 0.792. The Bertz CT molecular complexity index is 598. The molecule has 0 saturated carbocycles. The first-order valence-corrected chi connectivity index (χ1v) is 7.17. The maximum Gasteiger partial charge on any atom is 0.191 e. The largest absolute Gasteiger partial charge is 0.305 e. The van der Waals surface area contributed by atoms with Crippen LogP contribution in [0.25, 0.3) is 11.4 Å². The lowest BCUT2D eigenvalue weighted by Gasteiger charge is -2.05. The average Bonchev–Trinajstić information content (AvgIpc) is 2.77. The van der Waals surface area contributed by atoms with Gasteiger partial charge in [0.15, 0.2) is 11.0 Å². The van der Waals surface area contributed by atoms with E-state index in [0.29, 0.717) is 6.42 Å². The molecule has 0 N–H and O–H groups in total. The highest BCUT2D eigenvalue weighted by atomic mass is 32.2. The van der Waals surface area contributed by atoms with E-state index in [4.69, 9.17) is 5.26 Å². The van der Waals surface area contributed by atoms with Gasteiger partial charge in [-0.25, -0.2) is 0 Å². The van der Waals surface area contributed by atoms with Crippen LogP contribution in [0.15, 0.2) is 29.4 Å². The van der Waals surface area contributed by atoms with Crippen LogP contribution in [0.4, 0.5) is 0 Å². The summed E-state index contributed by atoms with van der Waals surface area (Å²) in [4.78, 5) is 0. The summed E-state index contributed by atoms with van der Waals surface area (Å²) in [7, 11) is 1.98. The van der Waals surface area contributed by atoms with Gasteiger partial charge in [-0.15, -0.1) is 10.2 Å². The van der Waals surface area contributed by atoms with Crippen molar-refractivity contribution in [1.29, 1.82) is 5.26 Å². The summed E-state index contributed by atoms with van der Waals surface area (Å²) in [5, 5.41) is 17.9. The minimum absolute atomic E-state index is 0.593. The zero-order valence-electron chi connectivity index (χ0n) is 11.1. The molecule has 2 rings (SSSR count). The molecular weight excluding hydrogens is 256 g/mol. The van der Waals surface area contributed by atoms with Crippen LogP contribution in [0.1, 0.15) is 18.4 Å². The molecular formula is C14H16N4S. The molecule has 98 valence electrons. The third kappa shape index (κ3) is 3.15. The Labute approximate surface area is 117 Å². The van der Waals surface area contributed by atoms with Crippen molar-refractivity contribution in [2.75, 3.05) is 5.75 Å². The second kappa shape index (κ2) is 6.39. The Kier molecular flexibility index (Phi) is 4.58. The van der Waals surface area contributed by atoms with Crippen LogP contribution >= 0.6 is 11.8 Å². The molecule has 0 atom stereocenters. The monoisotopic (exact) mass is 272 g/mol. The molecule has 0 unspecified atom stereocenters. The molecule has 19 heavy (non-hydrogen) atoms. The van der Waals surface area contributed by atoms with Crippen LogP contribution in [0.2, 0.25) is 0 Å². The number of nitrogens with zero attached hydrogens (tertiary/aromatic N) is 4. The molecule has 2 aromatic rings. The van der Waals surface area contributed by atoms with Crippen molar-refractivity contribution in [3.8, 4) is 17.5 Å². The van der Waals surface area contributed by atoms with E-state index in [1.807, 2.05) is 23.7 Å². The van der Waals surface area contributed by atoms with Gasteiger partial charge in [-0.05, 0) is 18.9 Å². The summed E-state index contributed by atoms with van der Waals surface area (Å²) in [6, 6.07) is 10.3. The van der Waals surface area contributed by atoms with Crippen LogP contribution in [0.3, 0.4) is 0 Å². The van der Waals surface area contributed by atoms with Crippen molar-refractivity contribution < 1.29 is 0 Å². The number of hydrogen-bond donors (Lipinski definition) is 0. The van der Waals surface area contributed by atoms with Gasteiger partial charge < -0.3 is 4.57 Å². The molecule has 0 fully saturated rings. The Hall–Kier alpha value is -1.80. The Morgan fingerprint density at radius 3 is 2.84 bits per heavy atom. The maximum absolute atomic E-state index is 8.51. The predicted octanol–water partition coefficient (Wildman–Crippen LogP) is 3.19. The van der Waals surface area contributed by atoms with E-state index in [9.17, 15) is 0 Å². The van der Waals surface area contributed by atoms with E-state index in [-0.39, 0.29) is 0 Å². The van der Waals surface area contributed by atoms with Crippen LogP contribution in [-0.4, -0.2) is 20.5 Å². The first-order chi connectivity index (χ1) is 9.24. The molecule has 0 amide bonds. The standard InChI is InChI=1S/C14H16N4S/c1-11-7-3-4-8-12(11)13-16-17-14(18(13)2)19-10-6-5-9-15/h3-4,7-8H,5-6,10H2,1-2H3. The van der Waals surface area contributed by atoms with Gasteiger partial charge in [0, 0.05) is 24.8 Å². The summed E-state index contributed by atoms with van der Waals surface area (Å²) < 4.78 is 2.01. The van der Waals surface area contributed by atoms with Gasteiger partial charge in [0.25, 0.3) is 0 Å². The number of benzene rings is 1. The molecule has 0 aliphatic rings. The molecule has 0 aliphatic carbocycles. The van der Waals surface area contributed by atoms with Crippen molar-refractivity contribution in [1.82, 2.24) is 14.8 Å². The van der Waals surface area contributed by atoms with Crippen molar-refractivity contribution in [2.24, 2.45) is 7.05 Å². The highest BCUT2D eigenvalue weighted by Gasteiger charge is 2.12. The molecule has 0 aliphatic heterocycles. The third-order valence-corrected chi connectivity index (χ3v) is 3.99. The number of thioether (sulfide) groups is 1. The second-order valence-electron chi connectivity index (χ2n) is 4.29. The number of aryl methyl sites for hydroxylation is 1. The predicted molar refractivity (Wildman–Crippen MR) is 76.7 cm³/mol. The summed E-state index contributed by atoms with van der Waals surface area (Å²) in [6.45, 7) is 2.07. The van der Waals surface area contributed by atoms with Gasteiger partial charge in [0.05, 0.1) is 6.07 Å². The molecule has 1 aromatic carbocycles. The molecule has 0 saturated heterocycles. The topological polar surface area (TPSA) is 54.5 Å². The molecule has 1 aromatic heterocycles. The van der Waals surface area contributed by atoms with Crippen molar-refractivity contribution in [3.05, 3.63) is 29.8 Å². The average molecular weight is 272 g/mol. The van der Waals surface area contributed by atoms with Crippen LogP contribution in [0, 0.1) is 18.3 Å². The van der Waals surface area contributed by atoms with Gasteiger partial charge in [0.2, 0.25) is 0 Å². The number of nitriles is 1. The van der Waals surface area contributed by atoms with Gasteiger partial charge >= 0.3 is 0 Å². The van der Waals surface area contributed by atoms with E-state index in [1.165, 1.54) is 5.56 Å². The quantitative estimate of drug-likeness (QED) is 0.619. The summed E-state index contributed by atoms with van der Waals surface area (Å²) in [5.74, 6) is 1.79. The lowest BCUT2D eigenvalue weighted by Crippen LogP contribution is -1.96. The van der Waals surface area contributed by atoms with Crippen LogP contribution in [-0.2, 0) is 7.05 Å². The second-order valence-corrected chi connectivity index (χ2v) is 5.35. The first-order valence-electron chi connectivity index (χ1n) is 6.19. The number of unbranched alkanes of at least 4 members (excludes halogenated alkanes) is 1. The fraction of sp³-hybridized carbons (Fsp3) is 0.357. The maximum atomic E-state index is 8.51. The zero-order valence-corrected chi connectivity index (χ0v) is 11.9. The number of hydrogen-bond acceptors (Lipinski definition) is 4. The lowest BCUT2D eigenvalue weighted by atomic mass is 10.1. The van der Waals surface area contributed by atoms with Crippen molar-refractivity contribution >= 4 is 11.8 Å². The summed E-state index contributed by atoms with van der Waals surface area (Å²) in [5.41, 5.74) is 2.31. The third-order valence-electron chi connectivity index (χ3n) is 2.88. The van der Waals surface area contributed by atoms with Crippen LogP contribution in [0.5, 0.6) is 0 Å². The molecule has 0 bridgehead atoms. The molecule has 5 heteroatoms.